The molecule has 0 spiro atoms. The number of guanidine groups is 1. The first-order chi connectivity index (χ1) is 15.7. The number of hydrogen-bond donors (Lipinski definition) is 2. The van der Waals surface area contributed by atoms with E-state index in [0.29, 0.717) is 26.3 Å². The van der Waals surface area contributed by atoms with Gasteiger partial charge >= 0.3 is 0 Å². The Bertz CT molecular complexity index is 872. The number of pyridine rings is 1. The molecule has 0 unspecified atom stereocenters. The molecule has 2 aromatic rings. The van der Waals surface area contributed by atoms with Gasteiger partial charge in [-0.1, -0.05) is 12.1 Å². The van der Waals surface area contributed by atoms with Gasteiger partial charge in [-0.2, -0.15) is 0 Å². The number of benzene rings is 1. The first kappa shape index (κ1) is 27.2. The van der Waals surface area contributed by atoms with Crippen LogP contribution >= 0.6 is 24.0 Å². The second-order valence-electron chi connectivity index (χ2n) is 8.07. The van der Waals surface area contributed by atoms with Crippen molar-refractivity contribution in [3.8, 4) is 5.75 Å². The third-order valence-electron chi connectivity index (χ3n) is 5.47. The van der Waals surface area contributed by atoms with Gasteiger partial charge in [0.1, 0.15) is 18.2 Å². The number of nitrogens with one attached hydrogen (secondary N) is 2. The molecule has 7 nitrogen and oxygen atoms in total. The summed E-state index contributed by atoms with van der Waals surface area (Å²) in [5.74, 6) is 2.73. The van der Waals surface area contributed by atoms with Gasteiger partial charge in [0.15, 0.2) is 5.96 Å². The predicted octanol–water partition coefficient (Wildman–Crippen LogP) is 4.28. The van der Waals surface area contributed by atoms with Gasteiger partial charge in [-0.15, -0.1) is 24.0 Å². The lowest BCUT2D eigenvalue weighted by Gasteiger charge is -2.27. The summed E-state index contributed by atoms with van der Waals surface area (Å²) in [5.41, 5.74) is 3.43. The van der Waals surface area contributed by atoms with E-state index in [1.807, 2.05) is 12.3 Å². The Balaban J connectivity index is 0.00000385. The molecule has 1 aromatic heterocycles. The first-order valence-corrected chi connectivity index (χ1v) is 11.6. The zero-order valence-corrected chi connectivity index (χ0v) is 22.4. The molecule has 0 atom stereocenters. The molecule has 2 N–H and O–H groups in total. The summed E-state index contributed by atoms with van der Waals surface area (Å²) >= 11 is 0. The summed E-state index contributed by atoms with van der Waals surface area (Å²) in [5, 5.41) is 6.77. The maximum atomic E-state index is 5.91. The normalized spacial score (nSPS) is 13.9. The van der Waals surface area contributed by atoms with Crippen molar-refractivity contribution >= 4 is 35.8 Å². The summed E-state index contributed by atoms with van der Waals surface area (Å²) < 4.78 is 11.0. The maximum absolute atomic E-state index is 5.91. The van der Waals surface area contributed by atoms with Gasteiger partial charge in [0.2, 0.25) is 0 Å². The number of aromatic nitrogens is 1. The monoisotopic (exact) mass is 567 g/mol. The number of rotatable bonds is 10. The van der Waals surface area contributed by atoms with E-state index in [-0.39, 0.29) is 24.0 Å². The van der Waals surface area contributed by atoms with Crippen LogP contribution in [0.2, 0.25) is 0 Å². The van der Waals surface area contributed by atoms with E-state index in [1.54, 1.807) is 7.11 Å². The van der Waals surface area contributed by atoms with Gasteiger partial charge in [0.05, 0.1) is 13.2 Å². The molecule has 182 valence electrons. The molecule has 2 heterocycles. The molecule has 33 heavy (non-hydrogen) atoms. The molecule has 0 amide bonds. The molecule has 1 aromatic carbocycles. The molecule has 0 bridgehead atoms. The minimum atomic E-state index is 0. The van der Waals surface area contributed by atoms with Gasteiger partial charge in [-0.25, -0.2) is 9.98 Å². The second-order valence-corrected chi connectivity index (χ2v) is 8.07. The Kier molecular flexibility index (Phi) is 12.3. The minimum absolute atomic E-state index is 0. The van der Waals surface area contributed by atoms with E-state index in [2.05, 4.69) is 58.6 Å². The number of halogens is 1. The van der Waals surface area contributed by atoms with Crippen LogP contribution in [-0.2, 0) is 17.8 Å². The van der Waals surface area contributed by atoms with Crippen molar-refractivity contribution in [2.45, 2.75) is 46.2 Å². The van der Waals surface area contributed by atoms with E-state index < -0.39 is 0 Å². The summed E-state index contributed by atoms with van der Waals surface area (Å²) in [6, 6.07) is 10.5. The number of nitrogens with zero attached hydrogens (tertiary/aromatic N) is 3. The molecule has 1 saturated heterocycles. The smallest absolute Gasteiger partial charge is 0.191 e. The Morgan fingerprint density at radius 1 is 1.09 bits per heavy atom. The van der Waals surface area contributed by atoms with Crippen LogP contribution in [0.15, 0.2) is 41.5 Å². The lowest BCUT2D eigenvalue weighted by Crippen LogP contribution is -2.36. The van der Waals surface area contributed by atoms with Gasteiger partial charge in [-0.05, 0) is 62.4 Å². The molecule has 0 aliphatic carbocycles. The van der Waals surface area contributed by atoms with Crippen molar-refractivity contribution in [2.75, 3.05) is 44.9 Å². The fourth-order valence-corrected chi connectivity index (χ4v) is 3.72. The zero-order chi connectivity index (χ0) is 22.6. The van der Waals surface area contributed by atoms with E-state index in [1.165, 1.54) is 24.8 Å². The van der Waals surface area contributed by atoms with E-state index in [4.69, 9.17) is 14.5 Å². The molecule has 0 saturated carbocycles. The predicted molar refractivity (Wildman–Crippen MR) is 146 cm³/mol. The van der Waals surface area contributed by atoms with Crippen molar-refractivity contribution in [3.63, 3.8) is 0 Å². The number of aliphatic imine (C=N–C) groups is 1. The van der Waals surface area contributed by atoms with Crippen LogP contribution in [0.5, 0.6) is 5.75 Å². The molecule has 3 rings (SSSR count). The molecule has 1 aliphatic rings. The lowest BCUT2D eigenvalue weighted by molar-refractivity contribution is 0.145. The summed E-state index contributed by atoms with van der Waals surface area (Å²) in [6.45, 7) is 9.45. The first-order valence-electron chi connectivity index (χ1n) is 11.6. The highest BCUT2D eigenvalue weighted by Gasteiger charge is 2.12. The fraction of sp³-hybridized carbons (Fsp3) is 0.520. The fourth-order valence-electron chi connectivity index (χ4n) is 3.72. The van der Waals surface area contributed by atoms with Gasteiger partial charge in [0, 0.05) is 45.0 Å². The third-order valence-corrected chi connectivity index (χ3v) is 5.47. The Morgan fingerprint density at radius 3 is 2.67 bits per heavy atom. The number of anilines is 1. The Hall–Kier alpha value is -2.07. The van der Waals surface area contributed by atoms with Crippen LogP contribution in [0.3, 0.4) is 0 Å². The van der Waals surface area contributed by atoms with E-state index in [0.717, 1.165) is 48.3 Å². The van der Waals surface area contributed by atoms with Gasteiger partial charge in [0.25, 0.3) is 0 Å². The standard InChI is InChI=1S/C25H37N5O2.HI/c1-4-26-25(29-19-22-9-8-20(2)16-23(22)32-15-14-31-3)28-18-21-10-11-27-24(17-21)30-12-6-5-7-13-30;/h8-11,16-17H,4-7,12-15,18-19H2,1-3H3,(H2,26,28,29);1H. The maximum Gasteiger partial charge on any atom is 0.191 e. The topological polar surface area (TPSA) is 71.0 Å². The average molecular weight is 568 g/mol. The van der Waals surface area contributed by atoms with Crippen molar-refractivity contribution in [1.82, 2.24) is 15.6 Å². The van der Waals surface area contributed by atoms with E-state index >= 15 is 0 Å². The summed E-state index contributed by atoms with van der Waals surface area (Å²) in [7, 11) is 1.68. The highest BCUT2D eigenvalue weighted by molar-refractivity contribution is 14.0. The molecule has 1 aliphatic heterocycles. The van der Waals surface area contributed by atoms with Crippen LogP contribution in [0.1, 0.15) is 42.9 Å². The highest BCUT2D eigenvalue weighted by atomic mass is 127. The molecule has 1 fully saturated rings. The molecule has 0 radical (unpaired) electrons. The zero-order valence-electron chi connectivity index (χ0n) is 20.1. The van der Waals surface area contributed by atoms with Gasteiger partial charge in [-0.3, -0.25) is 0 Å². The SMILES string of the molecule is CCNC(=NCc1ccnc(N2CCCCC2)c1)NCc1ccc(C)cc1OCCOC.I. The highest BCUT2D eigenvalue weighted by Crippen LogP contribution is 2.21. The van der Waals surface area contributed by atoms with Crippen molar-refractivity contribution in [3.05, 3.63) is 53.2 Å². The van der Waals surface area contributed by atoms with Gasteiger partial charge < -0.3 is 25.0 Å². The molecular formula is C25H38IN5O2. The molecule has 8 heteroatoms. The third kappa shape index (κ3) is 9.00. The average Bonchev–Trinajstić information content (AvgIpc) is 2.83. The molecular weight excluding hydrogens is 529 g/mol. The van der Waals surface area contributed by atoms with Crippen LogP contribution < -0.4 is 20.3 Å². The summed E-state index contributed by atoms with van der Waals surface area (Å²) in [6.07, 6.45) is 5.70. The van der Waals surface area contributed by atoms with Crippen LogP contribution in [0.4, 0.5) is 5.82 Å². The lowest BCUT2D eigenvalue weighted by atomic mass is 10.1. The number of hydrogen-bond acceptors (Lipinski definition) is 5. The number of ether oxygens (including phenoxy) is 2. The van der Waals surface area contributed by atoms with E-state index in [9.17, 15) is 0 Å². The van der Waals surface area contributed by atoms with Crippen LogP contribution in [0, 0.1) is 6.92 Å². The quantitative estimate of drug-likeness (QED) is 0.193. The van der Waals surface area contributed by atoms with Crippen LogP contribution in [-0.4, -0.2) is 50.9 Å². The summed E-state index contributed by atoms with van der Waals surface area (Å²) in [4.78, 5) is 11.7. The minimum Gasteiger partial charge on any atom is -0.491 e. The second kappa shape index (κ2) is 15.0. The van der Waals surface area contributed by atoms with Crippen LogP contribution in [0.25, 0.3) is 0 Å². The van der Waals surface area contributed by atoms with Crippen molar-refractivity contribution in [2.24, 2.45) is 4.99 Å². The number of methoxy groups -OCH3 is 1. The Labute approximate surface area is 215 Å². The largest absolute Gasteiger partial charge is 0.491 e. The Morgan fingerprint density at radius 2 is 1.91 bits per heavy atom. The van der Waals surface area contributed by atoms with Crippen molar-refractivity contribution < 1.29 is 9.47 Å². The number of piperidine rings is 1. The van der Waals surface area contributed by atoms with Crippen molar-refractivity contribution in [1.29, 1.82) is 0 Å². The number of aryl methyl sites for hydroxylation is 1.